The van der Waals surface area contributed by atoms with E-state index in [1.54, 1.807) is 0 Å². The van der Waals surface area contributed by atoms with Crippen LogP contribution in [0.25, 0.3) is 10.9 Å². The predicted molar refractivity (Wildman–Crippen MR) is 86.7 cm³/mol. The zero-order valence-electron chi connectivity index (χ0n) is 13.3. The van der Waals surface area contributed by atoms with Crippen LogP contribution in [0.4, 0.5) is 5.82 Å². The number of pyridine rings is 1. The number of aromatic nitrogens is 1. The molecule has 0 saturated carbocycles. The maximum absolute atomic E-state index is 5.70. The molecule has 0 atom stereocenters. The summed E-state index contributed by atoms with van der Waals surface area (Å²) in [7, 11) is 1.88. The molecule has 4 heteroatoms. The molecule has 0 aliphatic heterocycles. The zero-order chi connectivity index (χ0) is 15.3. The second-order valence-corrected chi connectivity index (χ2v) is 5.95. The molecule has 2 rings (SSSR count). The van der Waals surface area contributed by atoms with E-state index in [-0.39, 0.29) is 5.60 Å². The van der Waals surface area contributed by atoms with Gasteiger partial charge in [-0.05, 0) is 32.9 Å². The third kappa shape index (κ3) is 4.69. The quantitative estimate of drug-likeness (QED) is 0.825. The predicted octanol–water partition coefficient (Wildman–Crippen LogP) is 3.61. The molecule has 21 heavy (non-hydrogen) atoms. The van der Waals surface area contributed by atoms with E-state index in [0.29, 0.717) is 19.8 Å². The summed E-state index contributed by atoms with van der Waals surface area (Å²) >= 11 is 0. The van der Waals surface area contributed by atoms with Crippen LogP contribution in [0.3, 0.4) is 0 Å². The van der Waals surface area contributed by atoms with Crippen LogP contribution in [0.15, 0.2) is 30.3 Å². The van der Waals surface area contributed by atoms with Crippen LogP contribution in [0, 0.1) is 0 Å². The van der Waals surface area contributed by atoms with Gasteiger partial charge in [0.1, 0.15) is 5.82 Å². The SMILES string of the molecule is CNc1nc2ccccc2cc1COCCOC(C)(C)C. The summed E-state index contributed by atoms with van der Waals surface area (Å²) in [4.78, 5) is 4.61. The minimum Gasteiger partial charge on any atom is -0.374 e. The summed E-state index contributed by atoms with van der Waals surface area (Å²) in [6.45, 7) is 7.83. The first-order valence-electron chi connectivity index (χ1n) is 7.28. The maximum Gasteiger partial charge on any atom is 0.131 e. The fraction of sp³-hybridized carbons (Fsp3) is 0.471. The number of rotatable bonds is 6. The number of nitrogens with one attached hydrogen (secondary N) is 1. The van der Waals surface area contributed by atoms with Gasteiger partial charge in [-0.3, -0.25) is 0 Å². The van der Waals surface area contributed by atoms with Crippen LogP contribution < -0.4 is 5.32 Å². The summed E-state index contributed by atoms with van der Waals surface area (Å²) in [6, 6.07) is 10.2. The molecule has 1 N–H and O–H groups in total. The Hall–Kier alpha value is -1.65. The Bertz CT molecular complexity index is 591. The highest BCUT2D eigenvalue weighted by atomic mass is 16.5. The Morgan fingerprint density at radius 2 is 1.90 bits per heavy atom. The average Bonchev–Trinajstić information content (AvgIpc) is 2.44. The van der Waals surface area contributed by atoms with Crippen molar-refractivity contribution in [2.75, 3.05) is 25.6 Å². The third-order valence-corrected chi connectivity index (χ3v) is 3.06. The van der Waals surface area contributed by atoms with Crippen molar-refractivity contribution < 1.29 is 9.47 Å². The minimum absolute atomic E-state index is 0.121. The number of hydrogen-bond donors (Lipinski definition) is 1. The van der Waals surface area contributed by atoms with E-state index < -0.39 is 0 Å². The first-order chi connectivity index (χ1) is 9.99. The molecule has 0 saturated heterocycles. The van der Waals surface area contributed by atoms with Gasteiger partial charge in [-0.1, -0.05) is 18.2 Å². The number of anilines is 1. The fourth-order valence-corrected chi connectivity index (χ4v) is 2.08. The average molecular weight is 288 g/mol. The molecule has 1 aromatic heterocycles. The van der Waals surface area contributed by atoms with Crippen LogP contribution in [0.2, 0.25) is 0 Å². The van der Waals surface area contributed by atoms with Gasteiger partial charge in [0.25, 0.3) is 0 Å². The van der Waals surface area contributed by atoms with Crippen molar-refractivity contribution in [2.45, 2.75) is 33.0 Å². The number of nitrogens with zero attached hydrogens (tertiary/aromatic N) is 1. The number of fused-ring (bicyclic) bond motifs is 1. The van der Waals surface area contributed by atoms with E-state index in [4.69, 9.17) is 9.47 Å². The summed E-state index contributed by atoms with van der Waals surface area (Å²) in [5, 5.41) is 4.26. The van der Waals surface area contributed by atoms with Gasteiger partial charge in [0.15, 0.2) is 0 Å². The highest BCUT2D eigenvalue weighted by molar-refractivity contribution is 5.81. The van der Waals surface area contributed by atoms with Gasteiger partial charge in [0.2, 0.25) is 0 Å². The second kappa shape index (κ2) is 6.87. The molecule has 0 spiro atoms. The fourth-order valence-electron chi connectivity index (χ4n) is 2.08. The molecule has 2 aromatic rings. The summed E-state index contributed by atoms with van der Waals surface area (Å²) < 4.78 is 11.3. The molecule has 0 radical (unpaired) electrons. The topological polar surface area (TPSA) is 43.4 Å². The lowest BCUT2D eigenvalue weighted by Crippen LogP contribution is -2.21. The zero-order valence-corrected chi connectivity index (χ0v) is 13.3. The minimum atomic E-state index is -0.121. The highest BCUT2D eigenvalue weighted by Crippen LogP contribution is 2.20. The maximum atomic E-state index is 5.70. The molecule has 0 unspecified atom stereocenters. The van der Waals surface area contributed by atoms with Gasteiger partial charge in [0, 0.05) is 18.0 Å². The van der Waals surface area contributed by atoms with Crippen LogP contribution in [0.5, 0.6) is 0 Å². The first-order valence-corrected chi connectivity index (χ1v) is 7.28. The van der Waals surface area contributed by atoms with Gasteiger partial charge in [0.05, 0.1) is 30.9 Å². The Morgan fingerprint density at radius 1 is 1.14 bits per heavy atom. The lowest BCUT2D eigenvalue weighted by Gasteiger charge is -2.19. The van der Waals surface area contributed by atoms with Crippen molar-refractivity contribution in [3.05, 3.63) is 35.9 Å². The third-order valence-electron chi connectivity index (χ3n) is 3.06. The largest absolute Gasteiger partial charge is 0.374 e. The lowest BCUT2D eigenvalue weighted by molar-refractivity contribution is -0.0376. The van der Waals surface area contributed by atoms with E-state index in [1.165, 1.54) is 0 Å². The first kappa shape index (κ1) is 15.7. The van der Waals surface area contributed by atoms with E-state index >= 15 is 0 Å². The summed E-state index contributed by atoms with van der Waals surface area (Å²) in [5.41, 5.74) is 1.93. The monoisotopic (exact) mass is 288 g/mol. The summed E-state index contributed by atoms with van der Waals surface area (Å²) in [5.74, 6) is 0.866. The standard InChI is InChI=1S/C17H24N2O2/c1-17(2,3)21-10-9-20-12-14-11-13-7-5-6-8-15(13)19-16(14)18-4/h5-8,11H,9-10,12H2,1-4H3,(H,18,19). The van der Waals surface area contributed by atoms with Crippen LogP contribution in [-0.2, 0) is 16.1 Å². The van der Waals surface area contributed by atoms with E-state index in [9.17, 15) is 0 Å². The van der Waals surface area contributed by atoms with Crippen molar-refractivity contribution in [3.8, 4) is 0 Å². The van der Waals surface area contributed by atoms with Crippen LogP contribution in [0.1, 0.15) is 26.3 Å². The molecule has 114 valence electrons. The van der Waals surface area contributed by atoms with Gasteiger partial charge >= 0.3 is 0 Å². The van der Waals surface area contributed by atoms with Crippen molar-refractivity contribution in [1.82, 2.24) is 4.98 Å². The van der Waals surface area contributed by atoms with E-state index in [1.807, 2.05) is 46.0 Å². The van der Waals surface area contributed by atoms with Gasteiger partial charge in [-0.25, -0.2) is 4.98 Å². The van der Waals surface area contributed by atoms with Gasteiger partial charge < -0.3 is 14.8 Å². The van der Waals surface area contributed by atoms with Crippen LogP contribution in [-0.4, -0.2) is 30.8 Å². The Labute approximate surface area is 126 Å². The molecule has 0 amide bonds. The van der Waals surface area contributed by atoms with Gasteiger partial charge in [-0.2, -0.15) is 0 Å². The highest BCUT2D eigenvalue weighted by Gasteiger charge is 2.10. The lowest BCUT2D eigenvalue weighted by atomic mass is 10.1. The number of benzene rings is 1. The molecule has 0 fully saturated rings. The van der Waals surface area contributed by atoms with Crippen molar-refractivity contribution in [3.63, 3.8) is 0 Å². The molecule has 1 aromatic carbocycles. The number of ether oxygens (including phenoxy) is 2. The van der Waals surface area contributed by atoms with E-state index in [0.717, 1.165) is 22.3 Å². The molecule has 1 heterocycles. The Kier molecular flexibility index (Phi) is 5.15. The second-order valence-electron chi connectivity index (χ2n) is 5.95. The van der Waals surface area contributed by atoms with Crippen molar-refractivity contribution >= 4 is 16.7 Å². The van der Waals surface area contributed by atoms with Crippen LogP contribution >= 0.6 is 0 Å². The normalized spacial score (nSPS) is 11.8. The smallest absolute Gasteiger partial charge is 0.131 e. The van der Waals surface area contributed by atoms with Crippen molar-refractivity contribution in [1.29, 1.82) is 0 Å². The Balaban J connectivity index is 1.97. The number of hydrogen-bond acceptors (Lipinski definition) is 4. The molecule has 0 aliphatic carbocycles. The Morgan fingerprint density at radius 3 is 2.62 bits per heavy atom. The summed E-state index contributed by atoms with van der Waals surface area (Å²) in [6.07, 6.45) is 0. The van der Waals surface area contributed by atoms with Crippen molar-refractivity contribution in [2.24, 2.45) is 0 Å². The molecule has 0 bridgehead atoms. The van der Waals surface area contributed by atoms with E-state index in [2.05, 4.69) is 22.4 Å². The molecule has 4 nitrogen and oxygen atoms in total. The molecular weight excluding hydrogens is 264 g/mol. The van der Waals surface area contributed by atoms with Gasteiger partial charge in [-0.15, -0.1) is 0 Å². The number of para-hydroxylation sites is 1. The molecular formula is C17H24N2O2. The molecule has 0 aliphatic rings.